The van der Waals surface area contributed by atoms with Gasteiger partial charge in [-0.25, -0.2) is 0 Å². The number of methoxy groups -OCH3 is 1. The van der Waals surface area contributed by atoms with Crippen LogP contribution in [0, 0.1) is 0 Å². The van der Waals surface area contributed by atoms with Crippen molar-refractivity contribution in [1.82, 2.24) is 15.5 Å². The van der Waals surface area contributed by atoms with Gasteiger partial charge in [0.25, 0.3) is 0 Å². The SMILES string of the molecule is CC[C@H](CN1Cc2ccc(OC)cc2[C]1=[W])NC(=O)NC(C)=O. The number of rotatable bonds is 5. The van der Waals surface area contributed by atoms with Crippen LogP contribution in [0.25, 0.3) is 0 Å². The number of nitrogens with one attached hydrogen (secondary N) is 2. The van der Waals surface area contributed by atoms with E-state index in [0.29, 0.717) is 0 Å². The maximum atomic E-state index is 11.7. The van der Waals surface area contributed by atoms with Crippen molar-refractivity contribution in [3.63, 3.8) is 0 Å². The molecule has 1 aliphatic heterocycles. The fourth-order valence-corrected chi connectivity index (χ4v) is 3.72. The number of ether oxygens (including phenoxy) is 1. The molecule has 2 rings (SSSR count). The number of nitrogens with zero attached hydrogens (tertiary/aromatic N) is 1. The van der Waals surface area contributed by atoms with E-state index < -0.39 is 6.03 Å². The molecule has 0 aromatic heterocycles. The van der Waals surface area contributed by atoms with E-state index in [-0.39, 0.29) is 11.9 Å². The van der Waals surface area contributed by atoms with Crippen LogP contribution < -0.4 is 15.4 Å². The van der Waals surface area contributed by atoms with E-state index in [1.807, 2.05) is 13.0 Å². The molecule has 0 unspecified atom stereocenters. The predicted octanol–water partition coefficient (Wildman–Crippen LogP) is 1.16. The Morgan fingerprint density at radius 1 is 1.43 bits per heavy atom. The summed E-state index contributed by atoms with van der Waals surface area (Å²) in [5.74, 6) is 0.501. The van der Waals surface area contributed by atoms with Gasteiger partial charge in [0.2, 0.25) is 0 Å². The number of fused-ring (bicyclic) bond motifs is 1. The average Bonchev–Trinajstić information content (AvgIpc) is 2.81. The molecule has 0 radical (unpaired) electrons. The predicted molar refractivity (Wildman–Crippen MR) is 83.9 cm³/mol. The second kappa shape index (κ2) is 7.84. The van der Waals surface area contributed by atoms with Crippen LogP contribution in [0.2, 0.25) is 0 Å². The van der Waals surface area contributed by atoms with E-state index in [4.69, 9.17) is 4.74 Å². The van der Waals surface area contributed by atoms with Gasteiger partial charge in [-0.15, -0.1) is 0 Å². The van der Waals surface area contributed by atoms with E-state index in [0.717, 1.165) is 25.3 Å². The Morgan fingerprint density at radius 3 is 2.78 bits per heavy atom. The van der Waals surface area contributed by atoms with E-state index >= 15 is 0 Å². The molecule has 124 valence electrons. The molecule has 0 aliphatic carbocycles. The Balaban J connectivity index is 2.01. The molecule has 0 spiro atoms. The number of carbonyl (C=O) groups is 2. The molecular formula is C16H21N3O3W. The van der Waals surface area contributed by atoms with Crippen molar-refractivity contribution in [2.45, 2.75) is 32.9 Å². The summed E-state index contributed by atoms with van der Waals surface area (Å²) in [5.41, 5.74) is 2.50. The fraction of sp³-hybridized carbons (Fsp3) is 0.438. The number of hydrogen-bond acceptors (Lipinski definition) is 4. The molecule has 0 bridgehead atoms. The number of imide groups is 1. The third-order valence-corrected chi connectivity index (χ3v) is 5.47. The first-order chi connectivity index (χ1) is 10.9. The maximum absolute atomic E-state index is 11.7. The number of benzene rings is 1. The van der Waals surface area contributed by atoms with Gasteiger partial charge in [-0.1, -0.05) is 0 Å². The molecule has 1 aromatic rings. The third-order valence-electron chi connectivity index (χ3n) is 3.75. The van der Waals surface area contributed by atoms with Crippen LogP contribution in [-0.4, -0.2) is 40.6 Å². The van der Waals surface area contributed by atoms with Crippen molar-refractivity contribution in [3.05, 3.63) is 29.3 Å². The molecule has 6 nitrogen and oxygen atoms in total. The van der Waals surface area contributed by atoms with Gasteiger partial charge in [-0.3, -0.25) is 0 Å². The molecule has 0 saturated carbocycles. The van der Waals surface area contributed by atoms with E-state index in [2.05, 4.69) is 27.7 Å². The van der Waals surface area contributed by atoms with Gasteiger partial charge in [0.15, 0.2) is 0 Å². The second-order valence-corrected chi connectivity index (χ2v) is 6.86. The summed E-state index contributed by atoms with van der Waals surface area (Å²) in [6.07, 6.45) is 0.796. The zero-order valence-corrected chi connectivity index (χ0v) is 16.4. The Hall–Kier alpha value is -1.52. The van der Waals surface area contributed by atoms with Crippen molar-refractivity contribution in [2.24, 2.45) is 0 Å². The zero-order valence-electron chi connectivity index (χ0n) is 13.5. The molecule has 1 aliphatic rings. The standard InChI is InChI=1S/C16H21N3O3.W/c1-4-14(18-16(21)17-11(2)20)10-19-8-12-5-6-15(22-3)7-13(12)9-19;/h5-7,14H,4,8,10H2,1-3H3,(H2,17,18,20,21);/t14-;/m1./s1. The first-order valence-electron chi connectivity index (χ1n) is 7.48. The van der Waals surface area contributed by atoms with Crippen LogP contribution >= 0.6 is 0 Å². The summed E-state index contributed by atoms with van der Waals surface area (Å²) in [6.45, 7) is 4.90. The van der Waals surface area contributed by atoms with Gasteiger partial charge in [0.1, 0.15) is 0 Å². The Morgan fingerprint density at radius 2 is 2.17 bits per heavy atom. The summed E-state index contributed by atoms with van der Waals surface area (Å²) >= 11 is 1.38. The van der Waals surface area contributed by atoms with Crippen LogP contribution in [0.1, 0.15) is 31.4 Å². The minimum absolute atomic E-state index is 0.0140. The molecule has 0 fully saturated rings. The number of carbonyl (C=O) groups excluding carboxylic acids is 2. The monoisotopic (exact) mass is 487 g/mol. The van der Waals surface area contributed by atoms with Crippen LogP contribution in [0.3, 0.4) is 0 Å². The molecule has 1 atom stereocenters. The summed E-state index contributed by atoms with van der Waals surface area (Å²) in [6, 6.07) is 5.68. The van der Waals surface area contributed by atoms with Crippen LogP contribution in [-0.2, 0) is 30.7 Å². The molecule has 23 heavy (non-hydrogen) atoms. The first-order valence-corrected chi connectivity index (χ1v) is 8.95. The molecule has 1 aromatic carbocycles. The van der Waals surface area contributed by atoms with Crippen molar-refractivity contribution >= 4 is 16.0 Å². The van der Waals surface area contributed by atoms with E-state index in [1.165, 1.54) is 41.4 Å². The molecular weight excluding hydrogens is 466 g/mol. The van der Waals surface area contributed by atoms with Gasteiger partial charge < -0.3 is 0 Å². The first kappa shape index (κ1) is 17.8. The molecule has 7 heteroatoms. The number of hydrogen-bond donors (Lipinski definition) is 2. The average molecular weight is 487 g/mol. The van der Waals surface area contributed by atoms with Crippen molar-refractivity contribution in [2.75, 3.05) is 13.7 Å². The van der Waals surface area contributed by atoms with Crippen molar-refractivity contribution < 1.29 is 33.7 Å². The van der Waals surface area contributed by atoms with Gasteiger partial charge in [-0.05, 0) is 0 Å². The van der Waals surface area contributed by atoms with Gasteiger partial charge in [-0.2, -0.15) is 0 Å². The third kappa shape index (κ3) is 4.49. The summed E-state index contributed by atoms with van der Waals surface area (Å²) in [5, 5.41) is 5.10. The van der Waals surface area contributed by atoms with E-state index in [1.54, 1.807) is 7.11 Å². The molecule has 3 amide bonds. The van der Waals surface area contributed by atoms with Crippen molar-refractivity contribution in [3.8, 4) is 5.75 Å². The van der Waals surface area contributed by atoms with E-state index in [9.17, 15) is 9.59 Å². The summed E-state index contributed by atoms with van der Waals surface area (Å²) in [7, 11) is 1.67. The van der Waals surface area contributed by atoms with Gasteiger partial charge in [0, 0.05) is 0 Å². The molecule has 0 saturated heterocycles. The Labute approximate surface area is 147 Å². The van der Waals surface area contributed by atoms with Gasteiger partial charge in [0.05, 0.1) is 0 Å². The Bertz CT molecular complexity index is 633. The number of amides is 3. The zero-order chi connectivity index (χ0) is 17.0. The molecule has 2 N–H and O–H groups in total. The molecule has 1 heterocycles. The second-order valence-electron chi connectivity index (χ2n) is 5.47. The fourth-order valence-electron chi connectivity index (χ4n) is 2.54. The topological polar surface area (TPSA) is 70.7 Å². The minimum atomic E-state index is -0.437. The summed E-state index contributed by atoms with van der Waals surface area (Å²) in [4.78, 5) is 24.9. The Kier molecular flexibility index (Phi) is 6.08. The van der Waals surface area contributed by atoms with Crippen LogP contribution in [0.4, 0.5) is 4.79 Å². The normalized spacial score (nSPS) is 15.0. The number of urea groups is 1. The van der Waals surface area contributed by atoms with Crippen molar-refractivity contribution in [1.29, 1.82) is 0 Å². The van der Waals surface area contributed by atoms with Crippen LogP contribution in [0.5, 0.6) is 5.75 Å². The summed E-state index contributed by atoms with van der Waals surface area (Å²) < 4.78 is 6.55. The van der Waals surface area contributed by atoms with Crippen LogP contribution in [0.15, 0.2) is 18.2 Å². The van der Waals surface area contributed by atoms with Gasteiger partial charge >= 0.3 is 147 Å². The quantitative estimate of drug-likeness (QED) is 0.655.